The number of benzene rings is 1. The predicted octanol–water partition coefficient (Wildman–Crippen LogP) is 3.20. The average molecular weight is 328 g/mol. The minimum Gasteiger partial charge on any atom is -0.371 e. The predicted molar refractivity (Wildman–Crippen MR) is 94.1 cm³/mol. The molecule has 1 spiro atoms. The molecule has 6 nitrogen and oxygen atoms in total. The molecule has 0 aromatic heterocycles. The Balaban J connectivity index is 1.53. The van der Waals surface area contributed by atoms with Crippen molar-refractivity contribution in [1.82, 2.24) is 4.90 Å². The largest absolute Gasteiger partial charge is 0.371 e. The Kier molecular flexibility index (Phi) is 5.00. The van der Waals surface area contributed by atoms with Crippen molar-refractivity contribution in [3.05, 3.63) is 45.8 Å². The van der Waals surface area contributed by atoms with Crippen molar-refractivity contribution in [3.63, 3.8) is 0 Å². The van der Waals surface area contributed by atoms with Crippen molar-refractivity contribution >= 4 is 11.4 Å². The molecule has 2 saturated heterocycles. The second kappa shape index (κ2) is 7.18. The van der Waals surface area contributed by atoms with Crippen LogP contribution in [0.25, 0.3) is 4.85 Å². The normalized spacial score (nSPS) is 20.7. The number of hydrogen-bond donors (Lipinski definition) is 0. The summed E-state index contributed by atoms with van der Waals surface area (Å²) in [6, 6.07) is 6.91. The van der Waals surface area contributed by atoms with Gasteiger partial charge in [0.2, 0.25) is 6.54 Å². The van der Waals surface area contributed by atoms with Crippen LogP contribution in [-0.2, 0) is 0 Å². The third kappa shape index (κ3) is 3.68. The van der Waals surface area contributed by atoms with Gasteiger partial charge in [-0.2, -0.15) is 0 Å². The molecule has 0 saturated carbocycles. The first kappa shape index (κ1) is 16.7. The van der Waals surface area contributed by atoms with Gasteiger partial charge in [0.25, 0.3) is 5.69 Å². The molecule has 0 amide bonds. The highest BCUT2D eigenvalue weighted by atomic mass is 16.6. The minimum atomic E-state index is -0.350. The van der Waals surface area contributed by atoms with Gasteiger partial charge in [-0.25, -0.2) is 6.57 Å². The lowest BCUT2D eigenvalue weighted by Gasteiger charge is -2.47. The summed E-state index contributed by atoms with van der Waals surface area (Å²) in [5.74, 6) is 0. The van der Waals surface area contributed by atoms with E-state index in [1.54, 1.807) is 12.1 Å². The van der Waals surface area contributed by atoms with E-state index in [4.69, 9.17) is 6.57 Å². The summed E-state index contributed by atoms with van der Waals surface area (Å²) in [5, 5.41) is 10.8. The maximum absolute atomic E-state index is 10.8. The molecule has 128 valence electrons. The van der Waals surface area contributed by atoms with Gasteiger partial charge in [0.1, 0.15) is 0 Å². The van der Waals surface area contributed by atoms with Crippen LogP contribution in [0.4, 0.5) is 11.4 Å². The zero-order valence-electron chi connectivity index (χ0n) is 14.0. The highest BCUT2D eigenvalue weighted by molar-refractivity contribution is 5.51. The molecular weight excluding hydrogens is 304 g/mol. The second-order valence-electron chi connectivity index (χ2n) is 6.98. The molecule has 2 heterocycles. The molecule has 1 aromatic carbocycles. The topological polar surface area (TPSA) is 54.0 Å². The summed E-state index contributed by atoms with van der Waals surface area (Å²) < 4.78 is 0. The summed E-state index contributed by atoms with van der Waals surface area (Å²) in [6.45, 7) is 12.7. The summed E-state index contributed by atoms with van der Waals surface area (Å²) in [6.07, 6.45) is 4.86. The number of hydrogen-bond acceptors (Lipinski definition) is 4. The highest BCUT2D eigenvalue weighted by Crippen LogP contribution is 2.42. The van der Waals surface area contributed by atoms with E-state index in [1.807, 2.05) is 12.1 Å². The number of non-ortho nitro benzene ring substituents is 1. The maximum atomic E-state index is 10.8. The number of anilines is 1. The van der Waals surface area contributed by atoms with Crippen molar-refractivity contribution in [2.24, 2.45) is 5.41 Å². The fourth-order valence-corrected chi connectivity index (χ4v) is 3.97. The first-order valence-corrected chi connectivity index (χ1v) is 8.67. The quantitative estimate of drug-likeness (QED) is 0.484. The van der Waals surface area contributed by atoms with Gasteiger partial charge in [-0.3, -0.25) is 15.0 Å². The van der Waals surface area contributed by atoms with Crippen LogP contribution in [0.1, 0.15) is 25.7 Å². The Labute approximate surface area is 143 Å². The molecule has 0 bridgehead atoms. The maximum Gasteiger partial charge on any atom is 0.269 e. The van der Waals surface area contributed by atoms with Gasteiger partial charge in [0, 0.05) is 30.9 Å². The van der Waals surface area contributed by atoms with Gasteiger partial charge in [-0.1, -0.05) is 0 Å². The molecule has 1 aromatic rings. The number of nitrogens with zero attached hydrogens (tertiary/aromatic N) is 4. The second-order valence-corrected chi connectivity index (χ2v) is 6.98. The Bertz CT molecular complexity index is 605. The Morgan fingerprint density at radius 1 is 1.08 bits per heavy atom. The van der Waals surface area contributed by atoms with E-state index in [0.717, 1.165) is 38.4 Å². The molecule has 0 N–H and O–H groups in total. The summed E-state index contributed by atoms with van der Waals surface area (Å²) >= 11 is 0. The summed E-state index contributed by atoms with van der Waals surface area (Å²) in [4.78, 5) is 18.6. The number of nitro benzene ring substituents is 1. The molecule has 24 heavy (non-hydrogen) atoms. The minimum absolute atomic E-state index is 0.152. The zero-order valence-corrected chi connectivity index (χ0v) is 14.0. The van der Waals surface area contributed by atoms with Gasteiger partial charge < -0.3 is 9.74 Å². The van der Waals surface area contributed by atoms with Gasteiger partial charge in [-0.05, 0) is 56.3 Å². The molecule has 3 rings (SSSR count). The van der Waals surface area contributed by atoms with Crippen LogP contribution in [0.5, 0.6) is 0 Å². The Hall–Kier alpha value is -2.13. The molecule has 0 atom stereocenters. The van der Waals surface area contributed by atoms with Gasteiger partial charge >= 0.3 is 0 Å². The molecule has 0 aliphatic carbocycles. The molecule has 0 radical (unpaired) electrons. The molecular formula is C18H24N4O2. The molecule has 2 fully saturated rings. The number of likely N-dealkylation sites (tertiary alicyclic amines) is 1. The van der Waals surface area contributed by atoms with Crippen molar-refractivity contribution in [3.8, 4) is 0 Å². The van der Waals surface area contributed by atoms with Crippen LogP contribution in [0.3, 0.4) is 0 Å². The lowest BCUT2D eigenvalue weighted by Crippen LogP contribution is -2.47. The zero-order chi connectivity index (χ0) is 17.0. The van der Waals surface area contributed by atoms with Crippen molar-refractivity contribution in [2.45, 2.75) is 25.7 Å². The van der Waals surface area contributed by atoms with Crippen LogP contribution < -0.4 is 4.90 Å². The fourth-order valence-electron chi connectivity index (χ4n) is 3.97. The first-order chi connectivity index (χ1) is 11.6. The number of nitro groups is 1. The first-order valence-electron chi connectivity index (χ1n) is 8.67. The van der Waals surface area contributed by atoms with Crippen LogP contribution in [0.15, 0.2) is 24.3 Å². The van der Waals surface area contributed by atoms with Crippen LogP contribution >= 0.6 is 0 Å². The Morgan fingerprint density at radius 2 is 1.67 bits per heavy atom. The highest BCUT2D eigenvalue weighted by Gasteiger charge is 2.37. The fraction of sp³-hybridized carbons (Fsp3) is 0.611. The molecule has 0 unspecified atom stereocenters. The van der Waals surface area contributed by atoms with Crippen molar-refractivity contribution < 1.29 is 4.92 Å². The van der Waals surface area contributed by atoms with Gasteiger partial charge in [0.05, 0.1) is 11.5 Å². The van der Waals surface area contributed by atoms with Crippen LogP contribution in [-0.4, -0.2) is 49.1 Å². The van der Waals surface area contributed by atoms with E-state index in [-0.39, 0.29) is 10.6 Å². The molecule has 2 aliphatic rings. The third-order valence-corrected chi connectivity index (χ3v) is 5.69. The number of rotatable bonds is 4. The van der Waals surface area contributed by atoms with Crippen LogP contribution in [0.2, 0.25) is 0 Å². The smallest absolute Gasteiger partial charge is 0.269 e. The third-order valence-electron chi connectivity index (χ3n) is 5.69. The van der Waals surface area contributed by atoms with Crippen molar-refractivity contribution in [2.75, 3.05) is 44.2 Å². The number of piperidine rings is 2. The average Bonchev–Trinajstić information content (AvgIpc) is 2.62. The lowest BCUT2D eigenvalue weighted by molar-refractivity contribution is -0.384. The standard InChI is InChI=1S/C18H24N4O2/c1-19-10-15-20-11-6-18(7-12-20)8-13-21(14-9-18)16-2-4-17(5-3-16)22(23)24/h2-5H,6-15H2. The summed E-state index contributed by atoms with van der Waals surface area (Å²) in [7, 11) is 0. The lowest BCUT2D eigenvalue weighted by atomic mass is 9.71. The molecule has 6 heteroatoms. The van der Waals surface area contributed by atoms with E-state index < -0.39 is 0 Å². The van der Waals surface area contributed by atoms with E-state index >= 15 is 0 Å². The van der Waals surface area contributed by atoms with E-state index in [0.29, 0.717) is 12.0 Å². The van der Waals surface area contributed by atoms with Gasteiger partial charge in [0.15, 0.2) is 0 Å². The van der Waals surface area contributed by atoms with E-state index in [9.17, 15) is 10.1 Å². The van der Waals surface area contributed by atoms with E-state index in [1.165, 1.54) is 25.7 Å². The molecule has 2 aliphatic heterocycles. The van der Waals surface area contributed by atoms with Crippen molar-refractivity contribution in [1.29, 1.82) is 0 Å². The monoisotopic (exact) mass is 328 g/mol. The van der Waals surface area contributed by atoms with E-state index in [2.05, 4.69) is 14.6 Å². The SMILES string of the molecule is [C-]#[N+]CCN1CCC2(CC1)CCN(c1ccc([N+](=O)[O-])cc1)CC2. The van der Waals surface area contributed by atoms with Crippen LogP contribution in [0, 0.1) is 22.1 Å². The summed E-state index contributed by atoms with van der Waals surface area (Å²) in [5.41, 5.74) is 1.70. The Morgan fingerprint density at radius 3 is 2.21 bits per heavy atom. The van der Waals surface area contributed by atoms with Gasteiger partial charge in [-0.15, -0.1) is 0 Å².